The van der Waals surface area contributed by atoms with E-state index in [1.165, 1.54) is 43.8 Å². The molecule has 0 spiro atoms. The van der Waals surface area contributed by atoms with E-state index in [-0.39, 0.29) is 92.0 Å². The highest BCUT2D eigenvalue weighted by molar-refractivity contribution is 8.00. The summed E-state index contributed by atoms with van der Waals surface area (Å²) in [6.07, 6.45) is -6.55. The molecule has 28 heteroatoms. The molecule has 3 heterocycles. The number of ketones is 1. The number of aliphatic hydroxyl groups excluding tert-OH is 8. The fraction of sp³-hybridized carbons (Fsp3) is 0.885. The van der Waals surface area contributed by atoms with Gasteiger partial charge in [-0.1, -0.05) is 32.1 Å². The van der Waals surface area contributed by atoms with Crippen LogP contribution < -0.4 is 26.6 Å². The van der Waals surface area contributed by atoms with Crippen LogP contribution in [0.2, 0.25) is 0 Å². The molecule has 0 aromatic heterocycles. The highest BCUT2D eigenvalue weighted by atomic mass is 32.2. The van der Waals surface area contributed by atoms with Gasteiger partial charge in [-0.2, -0.15) is 21.4 Å². The quantitative estimate of drug-likeness (QED) is 0.0289. The van der Waals surface area contributed by atoms with Gasteiger partial charge >= 0.3 is 6.15 Å². The number of amides is 4. The molecule has 4 aliphatic rings. The molecule has 0 radical (unpaired) electrons. The molecule has 16 unspecified atom stereocenters. The van der Waals surface area contributed by atoms with E-state index < -0.39 is 105 Å². The first-order valence-corrected chi connectivity index (χ1v) is 30.3. The molecule has 3 aliphatic heterocycles. The highest BCUT2D eigenvalue weighted by Gasteiger charge is 2.50. The second kappa shape index (κ2) is 40.3. The molecule has 0 aromatic carbocycles. The lowest BCUT2D eigenvalue weighted by Gasteiger charge is -2.47. The maximum Gasteiger partial charge on any atom is 0.373 e. The number of hydrogen-bond donors (Lipinski definition) is 13. The van der Waals surface area contributed by atoms with Crippen molar-refractivity contribution in [3.8, 4) is 0 Å². The Bertz CT molecular complexity index is 1830. The van der Waals surface area contributed by atoms with Crippen LogP contribution in [0, 0.1) is 5.92 Å². The van der Waals surface area contributed by atoms with Gasteiger partial charge in [-0.3, -0.25) is 24.0 Å². The summed E-state index contributed by atoms with van der Waals surface area (Å²) < 4.78 is 36.3. The second-order valence-corrected chi connectivity index (χ2v) is 22.7. The summed E-state index contributed by atoms with van der Waals surface area (Å²) in [4.78, 5) is 79.3. The van der Waals surface area contributed by atoms with E-state index in [9.17, 15) is 59.7 Å². The SMILES string of the molecule is CNC(CCCCNC(=O)CSCCCC(=O)NCC1OCCC(OC2OC(CO)C(O)C(OCCC3CCCCC3)C2O)C1OC1OC(C)C(O)C(O)C1O)C(=O)NC(CCCCNC(=O)CSCC(O)CO)C(C)=O.O=C=O. The zero-order chi connectivity index (χ0) is 59.0. The number of thioether (sulfide) groups is 2. The number of Topliss-reactive ketones (excluding diaryl/α,β-unsaturated/α-hetero) is 1. The van der Waals surface area contributed by atoms with Gasteiger partial charge in [-0.15, -0.1) is 11.8 Å². The van der Waals surface area contributed by atoms with Gasteiger partial charge in [0.15, 0.2) is 18.4 Å². The van der Waals surface area contributed by atoms with Crippen molar-refractivity contribution >= 4 is 59.1 Å². The molecule has 4 amide bonds. The van der Waals surface area contributed by atoms with Crippen LogP contribution in [0.4, 0.5) is 0 Å². The first-order chi connectivity index (χ1) is 38.4. The Balaban J connectivity index is 0.00000547. The fourth-order valence-electron chi connectivity index (χ4n) is 9.70. The molecule has 462 valence electrons. The van der Waals surface area contributed by atoms with E-state index >= 15 is 0 Å². The number of likely N-dealkylation sites (N-methyl/N-ethyl adjacent to an activating group) is 1. The lowest BCUT2D eigenvalue weighted by molar-refractivity contribution is -0.354. The van der Waals surface area contributed by atoms with Crippen LogP contribution in [0.25, 0.3) is 0 Å². The van der Waals surface area contributed by atoms with Crippen LogP contribution in [0.3, 0.4) is 0 Å². The molecular formula is C52H91N5O21S2. The standard InChI is InChI=1S/C51H91N5O19S2.CO2/c1-30(59)34(14-7-9-19-54-41(63)29-77-27-33(60)25-57)56-49(69)35(52-3)15-8-10-20-53-40(62)28-76-23-11-16-39(61)55-24-37-47(75-50-45(67)44(66)42(64)31(2)72-50)36(18-22-70-37)73-51-46(68)48(43(65)38(26-58)74-51)71-21-17-32-12-5-4-6-13-32;2-1-3/h31-38,42-48,50-52,57-58,60,64-68H,4-29H2,1-3H3,(H,53,62)(H,54,63)(H,55,61)(H,56,69);. The summed E-state index contributed by atoms with van der Waals surface area (Å²) in [5, 5.41) is 97.0. The van der Waals surface area contributed by atoms with Gasteiger partial charge in [0.25, 0.3) is 0 Å². The Morgan fingerprint density at radius 2 is 1.35 bits per heavy atom. The Kier molecular flexibility index (Phi) is 35.9. The first kappa shape index (κ1) is 71.3. The zero-order valence-electron chi connectivity index (χ0n) is 46.4. The number of aliphatic hydroxyl groups is 8. The summed E-state index contributed by atoms with van der Waals surface area (Å²) in [5.41, 5.74) is 0. The van der Waals surface area contributed by atoms with Crippen LogP contribution >= 0.6 is 23.5 Å². The van der Waals surface area contributed by atoms with Crippen molar-refractivity contribution in [3.05, 3.63) is 0 Å². The molecule has 26 nitrogen and oxygen atoms in total. The van der Waals surface area contributed by atoms with Crippen LogP contribution in [-0.4, -0.2) is 250 Å². The smallest absolute Gasteiger partial charge is 0.373 e. The predicted octanol–water partition coefficient (Wildman–Crippen LogP) is -2.46. The first-order valence-electron chi connectivity index (χ1n) is 28.0. The number of unbranched alkanes of at least 4 members (excludes halogenated alkanes) is 2. The van der Waals surface area contributed by atoms with Crippen molar-refractivity contribution in [2.45, 2.75) is 208 Å². The fourth-order valence-corrected chi connectivity index (χ4v) is 11.3. The topological polar surface area (TPSA) is 397 Å². The molecule has 0 aromatic rings. The van der Waals surface area contributed by atoms with Gasteiger partial charge in [-0.05, 0) is 90.4 Å². The molecule has 0 bridgehead atoms. The minimum Gasteiger partial charge on any atom is -0.394 e. The third kappa shape index (κ3) is 25.9. The zero-order valence-corrected chi connectivity index (χ0v) is 48.0. The Labute approximate surface area is 476 Å². The average Bonchev–Trinajstić information content (AvgIpc) is 3.45. The number of carbonyl (C=O) groups is 5. The Morgan fingerprint density at radius 1 is 0.713 bits per heavy atom. The van der Waals surface area contributed by atoms with Crippen molar-refractivity contribution in [2.24, 2.45) is 5.92 Å². The summed E-state index contributed by atoms with van der Waals surface area (Å²) in [5.74, 6) is 0.454. The van der Waals surface area contributed by atoms with E-state index in [0.717, 1.165) is 32.1 Å². The minimum atomic E-state index is -1.67. The molecule has 1 aliphatic carbocycles. The lowest BCUT2D eigenvalue weighted by atomic mass is 9.87. The van der Waals surface area contributed by atoms with Gasteiger partial charge in [0.2, 0.25) is 23.6 Å². The number of rotatable bonds is 36. The summed E-state index contributed by atoms with van der Waals surface area (Å²) in [6, 6.07) is -1.21. The van der Waals surface area contributed by atoms with Crippen LogP contribution in [0.15, 0.2) is 0 Å². The highest BCUT2D eigenvalue weighted by Crippen LogP contribution is 2.33. The van der Waals surface area contributed by atoms with Gasteiger partial charge in [0.1, 0.15) is 54.9 Å². The molecule has 16 atom stereocenters. The molecular weight excluding hydrogens is 1090 g/mol. The molecule has 3 saturated heterocycles. The van der Waals surface area contributed by atoms with Crippen molar-refractivity contribution in [1.29, 1.82) is 0 Å². The molecule has 13 N–H and O–H groups in total. The van der Waals surface area contributed by atoms with Crippen LogP contribution in [0.5, 0.6) is 0 Å². The average molecular weight is 1190 g/mol. The second-order valence-electron chi connectivity index (χ2n) is 20.6. The third-order valence-electron chi connectivity index (χ3n) is 14.4. The molecule has 4 fully saturated rings. The van der Waals surface area contributed by atoms with Gasteiger partial charge in [-0.25, -0.2) is 0 Å². The van der Waals surface area contributed by atoms with E-state index in [2.05, 4.69) is 26.6 Å². The van der Waals surface area contributed by atoms with Crippen molar-refractivity contribution in [3.63, 3.8) is 0 Å². The number of ether oxygens (including phenoxy) is 6. The largest absolute Gasteiger partial charge is 0.394 e. The third-order valence-corrected chi connectivity index (χ3v) is 16.5. The number of hydrogen-bond acceptors (Lipinski definition) is 24. The van der Waals surface area contributed by atoms with E-state index in [4.69, 9.17) is 43.1 Å². The molecule has 4 rings (SSSR count). The van der Waals surface area contributed by atoms with Crippen molar-refractivity contribution in [2.75, 3.05) is 76.1 Å². The summed E-state index contributed by atoms with van der Waals surface area (Å²) in [6.45, 7) is 3.12. The van der Waals surface area contributed by atoms with Gasteiger partial charge < -0.3 is 95.9 Å². The Morgan fingerprint density at radius 3 is 1.98 bits per heavy atom. The monoisotopic (exact) mass is 1190 g/mol. The van der Waals surface area contributed by atoms with Gasteiger partial charge in [0.05, 0.1) is 55.1 Å². The normalized spacial score (nSPS) is 29.2. The number of carbonyl (C=O) groups excluding carboxylic acids is 7. The van der Waals surface area contributed by atoms with Crippen LogP contribution in [-0.2, 0) is 62.0 Å². The number of nitrogens with one attached hydrogen (secondary N) is 5. The Hall–Kier alpha value is -2.97. The maximum absolute atomic E-state index is 13.1. The lowest BCUT2D eigenvalue weighted by Crippen LogP contribution is -2.63. The van der Waals surface area contributed by atoms with Gasteiger partial charge in [0, 0.05) is 45.0 Å². The predicted molar refractivity (Wildman–Crippen MR) is 289 cm³/mol. The summed E-state index contributed by atoms with van der Waals surface area (Å²) >= 11 is 2.59. The van der Waals surface area contributed by atoms with E-state index in [1.54, 1.807) is 7.05 Å². The van der Waals surface area contributed by atoms with Crippen LogP contribution in [0.1, 0.15) is 110 Å². The molecule has 1 saturated carbocycles. The van der Waals surface area contributed by atoms with Crippen molar-refractivity contribution < 1.29 is 103 Å². The van der Waals surface area contributed by atoms with E-state index in [0.29, 0.717) is 69.7 Å². The van der Waals surface area contributed by atoms with E-state index in [1.807, 2.05) is 0 Å². The van der Waals surface area contributed by atoms with Crippen molar-refractivity contribution in [1.82, 2.24) is 26.6 Å². The maximum atomic E-state index is 13.1. The molecule has 80 heavy (non-hydrogen) atoms. The summed E-state index contributed by atoms with van der Waals surface area (Å²) in [7, 11) is 1.66. The minimum absolute atomic E-state index is 0.0771.